The van der Waals surface area contributed by atoms with Crippen molar-refractivity contribution in [1.82, 2.24) is 5.32 Å². The fourth-order valence-corrected chi connectivity index (χ4v) is 3.53. The third kappa shape index (κ3) is 3.45. The van der Waals surface area contributed by atoms with Gasteiger partial charge in [0.25, 0.3) is 0 Å². The van der Waals surface area contributed by atoms with E-state index >= 15 is 0 Å². The molecular formula is C15H29NO. The van der Waals surface area contributed by atoms with Crippen LogP contribution in [0.5, 0.6) is 0 Å². The summed E-state index contributed by atoms with van der Waals surface area (Å²) in [7, 11) is 0. The van der Waals surface area contributed by atoms with Crippen LogP contribution in [0.4, 0.5) is 0 Å². The molecular weight excluding hydrogens is 210 g/mol. The molecule has 0 amide bonds. The number of hydrogen-bond acceptors (Lipinski definition) is 2. The second-order valence-electron chi connectivity index (χ2n) is 6.58. The van der Waals surface area contributed by atoms with Crippen molar-refractivity contribution in [2.24, 2.45) is 11.8 Å². The molecule has 2 nitrogen and oxygen atoms in total. The molecule has 1 aliphatic heterocycles. The van der Waals surface area contributed by atoms with Crippen molar-refractivity contribution in [3.05, 3.63) is 0 Å². The van der Waals surface area contributed by atoms with Crippen LogP contribution < -0.4 is 5.32 Å². The summed E-state index contributed by atoms with van der Waals surface area (Å²) in [6.45, 7) is 9.01. The molecule has 2 heteroatoms. The SMILES string of the molecule is CC(C)C1CCCCC1NCC1(C)CCCO1. The van der Waals surface area contributed by atoms with E-state index in [2.05, 4.69) is 26.1 Å². The zero-order valence-electron chi connectivity index (χ0n) is 11.8. The Morgan fingerprint density at radius 1 is 1.24 bits per heavy atom. The van der Waals surface area contributed by atoms with E-state index in [1.165, 1.54) is 38.5 Å². The third-order valence-corrected chi connectivity index (χ3v) is 4.71. The first-order valence-electron chi connectivity index (χ1n) is 7.48. The van der Waals surface area contributed by atoms with Crippen molar-refractivity contribution in [1.29, 1.82) is 0 Å². The summed E-state index contributed by atoms with van der Waals surface area (Å²) in [6, 6.07) is 0.727. The predicted octanol–water partition coefficient (Wildman–Crippen LogP) is 3.36. The largest absolute Gasteiger partial charge is 0.374 e. The molecule has 100 valence electrons. The van der Waals surface area contributed by atoms with Crippen molar-refractivity contribution in [2.75, 3.05) is 13.2 Å². The molecule has 2 fully saturated rings. The molecule has 3 unspecified atom stereocenters. The van der Waals surface area contributed by atoms with Crippen LogP contribution in [0.25, 0.3) is 0 Å². The fourth-order valence-electron chi connectivity index (χ4n) is 3.53. The van der Waals surface area contributed by atoms with E-state index in [1.807, 2.05) is 0 Å². The van der Waals surface area contributed by atoms with Gasteiger partial charge in [-0.25, -0.2) is 0 Å². The molecule has 1 heterocycles. The van der Waals surface area contributed by atoms with Crippen LogP contribution in [0.15, 0.2) is 0 Å². The van der Waals surface area contributed by atoms with Crippen molar-refractivity contribution < 1.29 is 4.74 Å². The molecule has 1 N–H and O–H groups in total. The van der Waals surface area contributed by atoms with Crippen LogP contribution in [-0.4, -0.2) is 24.8 Å². The molecule has 0 bridgehead atoms. The first-order chi connectivity index (χ1) is 8.11. The average Bonchev–Trinajstić information content (AvgIpc) is 2.74. The molecule has 0 aromatic heterocycles. The van der Waals surface area contributed by atoms with Crippen LogP contribution in [0.2, 0.25) is 0 Å². The van der Waals surface area contributed by atoms with Gasteiger partial charge in [0.1, 0.15) is 0 Å². The van der Waals surface area contributed by atoms with E-state index in [0.29, 0.717) is 0 Å². The van der Waals surface area contributed by atoms with Crippen LogP contribution in [0.1, 0.15) is 59.3 Å². The standard InChI is InChI=1S/C15H29NO/c1-12(2)13-7-4-5-8-14(13)16-11-15(3)9-6-10-17-15/h12-14,16H,4-11H2,1-3H3. The zero-order valence-corrected chi connectivity index (χ0v) is 11.8. The van der Waals surface area contributed by atoms with E-state index in [1.54, 1.807) is 0 Å². The summed E-state index contributed by atoms with van der Waals surface area (Å²) in [6.07, 6.45) is 8.05. The lowest BCUT2D eigenvalue weighted by Crippen LogP contribution is -2.47. The highest BCUT2D eigenvalue weighted by molar-refractivity contribution is 4.88. The van der Waals surface area contributed by atoms with E-state index in [0.717, 1.165) is 31.0 Å². The predicted molar refractivity (Wildman–Crippen MR) is 72.2 cm³/mol. The second-order valence-corrected chi connectivity index (χ2v) is 6.58. The van der Waals surface area contributed by atoms with E-state index in [9.17, 15) is 0 Å². The van der Waals surface area contributed by atoms with Crippen molar-refractivity contribution in [3.8, 4) is 0 Å². The van der Waals surface area contributed by atoms with Gasteiger partial charge in [-0.1, -0.05) is 26.7 Å². The monoisotopic (exact) mass is 239 g/mol. The summed E-state index contributed by atoms with van der Waals surface area (Å²) in [5, 5.41) is 3.81. The van der Waals surface area contributed by atoms with E-state index in [-0.39, 0.29) is 5.60 Å². The smallest absolute Gasteiger partial charge is 0.0779 e. The highest BCUT2D eigenvalue weighted by atomic mass is 16.5. The quantitative estimate of drug-likeness (QED) is 0.812. The number of rotatable bonds is 4. The average molecular weight is 239 g/mol. The minimum Gasteiger partial charge on any atom is -0.374 e. The second kappa shape index (κ2) is 5.71. The maximum absolute atomic E-state index is 5.86. The van der Waals surface area contributed by atoms with Crippen LogP contribution >= 0.6 is 0 Å². The van der Waals surface area contributed by atoms with Crippen molar-refractivity contribution in [2.45, 2.75) is 70.9 Å². The molecule has 2 rings (SSSR count). The van der Waals surface area contributed by atoms with Gasteiger partial charge < -0.3 is 10.1 Å². The Hall–Kier alpha value is -0.0800. The molecule has 1 saturated heterocycles. The minimum atomic E-state index is 0.110. The molecule has 0 aromatic rings. The summed E-state index contributed by atoms with van der Waals surface area (Å²) in [5.41, 5.74) is 0.110. The maximum Gasteiger partial charge on any atom is 0.0779 e. The van der Waals surface area contributed by atoms with Crippen LogP contribution in [0.3, 0.4) is 0 Å². The fraction of sp³-hybridized carbons (Fsp3) is 1.00. The molecule has 0 aromatic carbocycles. The van der Waals surface area contributed by atoms with E-state index < -0.39 is 0 Å². The topological polar surface area (TPSA) is 21.3 Å². The molecule has 1 saturated carbocycles. The van der Waals surface area contributed by atoms with Gasteiger partial charge in [0.15, 0.2) is 0 Å². The Bertz CT molecular complexity index is 233. The Labute approximate surface area is 107 Å². The molecule has 1 aliphatic carbocycles. The number of ether oxygens (including phenoxy) is 1. The molecule has 2 aliphatic rings. The first kappa shape index (κ1) is 13.4. The summed E-state index contributed by atoms with van der Waals surface area (Å²) >= 11 is 0. The Balaban J connectivity index is 1.83. The Morgan fingerprint density at radius 3 is 2.65 bits per heavy atom. The molecule has 3 atom stereocenters. The van der Waals surface area contributed by atoms with Gasteiger partial charge in [0.2, 0.25) is 0 Å². The first-order valence-corrected chi connectivity index (χ1v) is 7.48. The van der Waals surface area contributed by atoms with Gasteiger partial charge in [0, 0.05) is 19.2 Å². The normalized spacial score (nSPS) is 38.8. The van der Waals surface area contributed by atoms with Gasteiger partial charge in [-0.2, -0.15) is 0 Å². The van der Waals surface area contributed by atoms with E-state index in [4.69, 9.17) is 4.74 Å². The van der Waals surface area contributed by atoms with Crippen molar-refractivity contribution >= 4 is 0 Å². The summed E-state index contributed by atoms with van der Waals surface area (Å²) in [4.78, 5) is 0. The lowest BCUT2D eigenvalue weighted by molar-refractivity contribution is 0.0145. The molecule has 17 heavy (non-hydrogen) atoms. The Kier molecular flexibility index (Phi) is 4.48. The van der Waals surface area contributed by atoms with Gasteiger partial charge in [-0.15, -0.1) is 0 Å². The Morgan fingerprint density at radius 2 is 2.00 bits per heavy atom. The lowest BCUT2D eigenvalue weighted by Gasteiger charge is -2.37. The van der Waals surface area contributed by atoms with Crippen molar-refractivity contribution in [3.63, 3.8) is 0 Å². The zero-order chi connectivity index (χ0) is 12.3. The van der Waals surface area contributed by atoms with Gasteiger partial charge >= 0.3 is 0 Å². The minimum absolute atomic E-state index is 0.110. The van der Waals surface area contributed by atoms with Crippen LogP contribution in [-0.2, 0) is 4.74 Å². The summed E-state index contributed by atoms with van der Waals surface area (Å²) < 4.78 is 5.86. The van der Waals surface area contributed by atoms with Gasteiger partial charge in [-0.05, 0) is 44.4 Å². The number of hydrogen-bond donors (Lipinski definition) is 1. The maximum atomic E-state index is 5.86. The highest BCUT2D eigenvalue weighted by Crippen LogP contribution is 2.31. The van der Waals surface area contributed by atoms with Crippen LogP contribution in [0, 0.1) is 11.8 Å². The van der Waals surface area contributed by atoms with Gasteiger partial charge in [-0.3, -0.25) is 0 Å². The molecule has 0 spiro atoms. The third-order valence-electron chi connectivity index (χ3n) is 4.71. The lowest BCUT2D eigenvalue weighted by atomic mass is 9.77. The number of nitrogens with one attached hydrogen (secondary N) is 1. The van der Waals surface area contributed by atoms with Gasteiger partial charge in [0.05, 0.1) is 5.60 Å². The highest BCUT2D eigenvalue weighted by Gasteiger charge is 2.33. The molecule has 0 radical (unpaired) electrons. The summed E-state index contributed by atoms with van der Waals surface area (Å²) in [5.74, 6) is 1.68.